The summed E-state index contributed by atoms with van der Waals surface area (Å²) in [7, 11) is 3.98. The molecule has 8 heteroatoms. The van der Waals surface area contributed by atoms with Crippen molar-refractivity contribution in [1.29, 1.82) is 0 Å². The quantitative estimate of drug-likeness (QED) is 0.350. The number of rotatable bonds is 10. The minimum atomic E-state index is -0.490. The summed E-state index contributed by atoms with van der Waals surface area (Å²) < 4.78 is 11.5. The van der Waals surface area contributed by atoms with Crippen LogP contribution in [0.3, 0.4) is 0 Å². The maximum absolute atomic E-state index is 11.6. The predicted octanol–water partition coefficient (Wildman–Crippen LogP) is 0.435. The van der Waals surface area contributed by atoms with Crippen LogP contribution >= 0.6 is 0 Å². The van der Waals surface area contributed by atoms with Gasteiger partial charge in [0.25, 0.3) is 0 Å². The lowest BCUT2D eigenvalue weighted by Crippen LogP contribution is -2.18. The maximum atomic E-state index is 11.6. The van der Waals surface area contributed by atoms with Crippen LogP contribution in [0.15, 0.2) is 18.3 Å². The molecule has 0 saturated carbocycles. The third kappa shape index (κ3) is 8.10. The number of hydrogen-bond donors (Lipinski definition) is 0. The Morgan fingerprint density at radius 2 is 2.00 bits per heavy atom. The zero-order chi connectivity index (χ0) is 17.2. The van der Waals surface area contributed by atoms with Crippen LogP contribution in [0.5, 0.6) is 0 Å². The van der Waals surface area contributed by atoms with Gasteiger partial charge in [-0.15, -0.1) is 5.10 Å². The van der Waals surface area contributed by atoms with Crippen LogP contribution in [0.1, 0.15) is 19.0 Å². The van der Waals surface area contributed by atoms with E-state index in [2.05, 4.69) is 21.8 Å². The third-order valence-corrected chi connectivity index (χ3v) is 2.88. The Morgan fingerprint density at radius 1 is 1.30 bits per heavy atom. The van der Waals surface area contributed by atoms with Gasteiger partial charge in [0.05, 0.1) is 18.7 Å². The van der Waals surface area contributed by atoms with Gasteiger partial charge in [0, 0.05) is 24.7 Å². The van der Waals surface area contributed by atoms with Gasteiger partial charge in [-0.05, 0) is 21.0 Å². The smallest absolute Gasteiger partial charge is 0.333 e. The summed E-state index contributed by atoms with van der Waals surface area (Å²) in [6.45, 7) is 6.69. The Hall–Kier alpha value is -2.22. The van der Waals surface area contributed by atoms with Crippen LogP contribution in [0.2, 0.25) is 0 Å². The summed E-state index contributed by atoms with van der Waals surface area (Å²) in [5.74, 6) is -0.852. The Kier molecular flexibility index (Phi) is 7.96. The molecule has 0 bridgehead atoms. The van der Waals surface area contributed by atoms with E-state index in [0.29, 0.717) is 12.0 Å². The molecule has 23 heavy (non-hydrogen) atoms. The molecule has 0 N–H and O–H groups in total. The monoisotopic (exact) mass is 324 g/mol. The molecule has 0 aliphatic carbocycles. The van der Waals surface area contributed by atoms with Crippen LogP contribution in [-0.4, -0.2) is 65.7 Å². The highest BCUT2D eigenvalue weighted by molar-refractivity contribution is 5.86. The second-order valence-corrected chi connectivity index (χ2v) is 5.41. The zero-order valence-corrected chi connectivity index (χ0v) is 13.9. The predicted molar refractivity (Wildman–Crippen MR) is 83.6 cm³/mol. The van der Waals surface area contributed by atoms with Crippen LogP contribution in [0.25, 0.3) is 0 Å². The number of carbonyl (C=O) groups is 2. The van der Waals surface area contributed by atoms with E-state index in [-0.39, 0.29) is 25.6 Å². The highest BCUT2D eigenvalue weighted by Gasteiger charge is 2.08. The zero-order valence-electron chi connectivity index (χ0n) is 13.9. The molecule has 0 amide bonds. The van der Waals surface area contributed by atoms with Gasteiger partial charge < -0.3 is 14.4 Å². The van der Waals surface area contributed by atoms with E-state index in [9.17, 15) is 9.59 Å². The van der Waals surface area contributed by atoms with E-state index in [1.807, 2.05) is 20.3 Å². The van der Waals surface area contributed by atoms with Gasteiger partial charge in [-0.25, -0.2) is 4.79 Å². The van der Waals surface area contributed by atoms with Crippen molar-refractivity contribution >= 4 is 11.9 Å². The van der Waals surface area contributed by atoms with Gasteiger partial charge in [0.2, 0.25) is 0 Å². The Labute approximate surface area is 136 Å². The molecule has 1 heterocycles. The number of aromatic nitrogens is 3. The Morgan fingerprint density at radius 3 is 2.65 bits per heavy atom. The molecule has 1 rings (SSSR count). The molecule has 0 aromatic carbocycles. The largest absolute Gasteiger partial charge is 0.462 e. The summed E-state index contributed by atoms with van der Waals surface area (Å²) in [6.07, 6.45) is 2.50. The number of likely N-dealkylation sites (N-methyl/N-ethyl adjacent to an activating group) is 1. The Balaban J connectivity index is 2.18. The number of esters is 2. The molecule has 0 unspecified atom stereocenters. The normalized spacial score (nSPS) is 10.6. The first kappa shape index (κ1) is 18.8. The van der Waals surface area contributed by atoms with E-state index in [4.69, 9.17) is 9.47 Å². The highest BCUT2D eigenvalue weighted by Crippen LogP contribution is 2.00. The lowest BCUT2D eigenvalue weighted by Gasteiger charge is -2.07. The summed E-state index contributed by atoms with van der Waals surface area (Å²) in [5, 5.41) is 8.01. The second kappa shape index (κ2) is 9.73. The molecule has 8 nitrogen and oxygen atoms in total. The molecule has 0 spiro atoms. The van der Waals surface area contributed by atoms with Crippen molar-refractivity contribution in [1.82, 2.24) is 19.9 Å². The van der Waals surface area contributed by atoms with Crippen molar-refractivity contribution in [3.05, 3.63) is 24.0 Å². The number of ether oxygens (including phenoxy) is 2. The lowest BCUT2D eigenvalue weighted by molar-refractivity contribution is -0.150. The average Bonchev–Trinajstić information content (AvgIpc) is 2.95. The summed E-state index contributed by atoms with van der Waals surface area (Å²) >= 11 is 0. The summed E-state index contributed by atoms with van der Waals surface area (Å²) in [5.41, 5.74) is 1.06. The molecule has 1 aromatic rings. The van der Waals surface area contributed by atoms with E-state index in [0.717, 1.165) is 18.8 Å². The molecule has 0 fully saturated rings. The minimum absolute atomic E-state index is 0.0259. The van der Waals surface area contributed by atoms with E-state index >= 15 is 0 Å². The van der Waals surface area contributed by atoms with Crippen LogP contribution in [0, 0.1) is 0 Å². The lowest BCUT2D eigenvalue weighted by atomic mass is 10.2. The second-order valence-electron chi connectivity index (χ2n) is 5.41. The van der Waals surface area contributed by atoms with Gasteiger partial charge in [0.15, 0.2) is 0 Å². The molecular weight excluding hydrogens is 300 g/mol. The third-order valence-electron chi connectivity index (χ3n) is 2.88. The van der Waals surface area contributed by atoms with Gasteiger partial charge in [-0.1, -0.05) is 11.8 Å². The van der Waals surface area contributed by atoms with Crippen LogP contribution < -0.4 is 0 Å². The van der Waals surface area contributed by atoms with Crippen molar-refractivity contribution in [2.24, 2.45) is 0 Å². The van der Waals surface area contributed by atoms with Crippen molar-refractivity contribution < 1.29 is 19.1 Å². The van der Waals surface area contributed by atoms with Gasteiger partial charge in [-0.2, -0.15) is 0 Å². The van der Waals surface area contributed by atoms with Crippen molar-refractivity contribution in [3.8, 4) is 0 Å². The molecule has 128 valence electrons. The number of aryl methyl sites for hydroxylation is 1. The van der Waals surface area contributed by atoms with Gasteiger partial charge in [0.1, 0.15) is 13.2 Å². The molecule has 0 radical (unpaired) electrons. The first-order chi connectivity index (χ1) is 10.9. The van der Waals surface area contributed by atoms with Gasteiger partial charge in [-0.3, -0.25) is 9.48 Å². The fraction of sp³-hybridized carbons (Fsp3) is 0.600. The topological polar surface area (TPSA) is 86.5 Å². The first-order valence-corrected chi connectivity index (χ1v) is 7.40. The Bertz CT molecular complexity index is 539. The molecule has 0 atom stereocenters. The number of hydrogen-bond acceptors (Lipinski definition) is 7. The van der Waals surface area contributed by atoms with Crippen LogP contribution in [0.4, 0.5) is 0 Å². The summed E-state index contributed by atoms with van der Waals surface area (Å²) in [4.78, 5) is 24.7. The number of carbonyl (C=O) groups excluding carboxylic acids is 2. The van der Waals surface area contributed by atoms with E-state index in [1.54, 1.807) is 11.6 Å². The fourth-order valence-electron chi connectivity index (χ4n) is 1.58. The minimum Gasteiger partial charge on any atom is -0.462 e. The standard InChI is InChI=1S/C15H24N4O4/c1-12(2)15(21)23-10-9-22-14(20)6-5-13-11-19(17-16-13)8-7-18(3)4/h11H,1,5-10H2,2-4H3. The average molecular weight is 324 g/mol. The number of nitrogens with zero attached hydrogens (tertiary/aromatic N) is 4. The molecule has 0 aliphatic rings. The molecule has 0 saturated heterocycles. The van der Waals surface area contributed by atoms with Crippen molar-refractivity contribution in [2.45, 2.75) is 26.3 Å². The first-order valence-electron chi connectivity index (χ1n) is 7.40. The van der Waals surface area contributed by atoms with Crippen LogP contribution in [-0.2, 0) is 32.0 Å². The van der Waals surface area contributed by atoms with E-state index < -0.39 is 5.97 Å². The van der Waals surface area contributed by atoms with E-state index in [1.165, 1.54) is 0 Å². The van der Waals surface area contributed by atoms with Crippen molar-refractivity contribution in [3.63, 3.8) is 0 Å². The SMILES string of the molecule is C=C(C)C(=O)OCCOC(=O)CCc1cn(CCN(C)C)nn1. The maximum Gasteiger partial charge on any atom is 0.333 e. The van der Waals surface area contributed by atoms with Crippen molar-refractivity contribution in [2.75, 3.05) is 33.9 Å². The molecular formula is C15H24N4O4. The molecule has 0 aliphatic heterocycles. The van der Waals surface area contributed by atoms with Gasteiger partial charge >= 0.3 is 11.9 Å². The molecule has 1 aromatic heterocycles. The fourth-order valence-corrected chi connectivity index (χ4v) is 1.58. The summed E-state index contributed by atoms with van der Waals surface area (Å²) in [6, 6.07) is 0. The highest BCUT2D eigenvalue weighted by atomic mass is 16.6.